The lowest BCUT2D eigenvalue weighted by atomic mass is 10.1. The molecule has 11 heteroatoms. The number of halogens is 7. The van der Waals surface area contributed by atoms with E-state index in [1.807, 2.05) is 5.32 Å². The normalized spacial score (nSPS) is 13.0. The third kappa shape index (κ3) is 4.45. The lowest BCUT2D eigenvalue weighted by Gasteiger charge is -2.15. The maximum absolute atomic E-state index is 12.8. The minimum atomic E-state index is -5.08. The number of hydrogen-bond donors (Lipinski definition) is 1. The van der Waals surface area contributed by atoms with Crippen LogP contribution in [0.3, 0.4) is 0 Å². The fraction of sp³-hybridized carbons (Fsp3) is 0.273. The van der Waals surface area contributed by atoms with Gasteiger partial charge in [-0.05, 0) is 18.4 Å². The first-order chi connectivity index (χ1) is 10.0. The first kappa shape index (κ1) is 18.4. The first-order valence-corrected chi connectivity index (χ1v) is 6.86. The molecule has 0 atom stereocenters. The van der Waals surface area contributed by atoms with Gasteiger partial charge in [-0.25, -0.2) is 4.99 Å². The van der Waals surface area contributed by atoms with Crippen molar-refractivity contribution in [3.05, 3.63) is 28.3 Å². The van der Waals surface area contributed by atoms with Crippen LogP contribution in [0, 0.1) is 11.5 Å². The molecule has 0 radical (unpaired) electrons. The van der Waals surface area contributed by atoms with Crippen LogP contribution in [0.2, 0.25) is 5.02 Å². The highest BCUT2D eigenvalue weighted by Crippen LogP contribution is 2.43. The minimum absolute atomic E-state index is 0.0855. The quantitative estimate of drug-likeness (QED) is 0.257. The monoisotopic (exact) mass is 361 g/mol. The van der Waals surface area contributed by atoms with E-state index in [0.717, 1.165) is 11.8 Å². The number of rotatable bonds is 1. The average Bonchev–Trinajstić information content (AvgIpc) is 2.37. The number of nitriles is 1. The minimum Gasteiger partial charge on any atom is -0.271 e. The summed E-state index contributed by atoms with van der Waals surface area (Å²) in [5.41, 5.74) is -3.93. The van der Waals surface area contributed by atoms with Gasteiger partial charge >= 0.3 is 12.4 Å². The van der Waals surface area contributed by atoms with E-state index in [4.69, 9.17) is 16.9 Å². The molecule has 0 aromatic heterocycles. The van der Waals surface area contributed by atoms with E-state index in [2.05, 4.69) is 4.99 Å². The van der Waals surface area contributed by atoms with Crippen LogP contribution in [0.15, 0.2) is 17.1 Å². The Balaban J connectivity index is 3.60. The van der Waals surface area contributed by atoms with E-state index < -0.39 is 34.2 Å². The van der Waals surface area contributed by atoms with E-state index in [9.17, 15) is 26.3 Å². The number of alkyl halides is 6. The summed E-state index contributed by atoms with van der Waals surface area (Å²) in [6.07, 6.45) is -7.20. The summed E-state index contributed by atoms with van der Waals surface area (Å²) in [6.45, 7) is 0. The van der Waals surface area contributed by atoms with Gasteiger partial charge in [0, 0.05) is 0 Å². The summed E-state index contributed by atoms with van der Waals surface area (Å²) in [7, 11) is 0. The second-order valence-electron chi connectivity index (χ2n) is 3.71. The van der Waals surface area contributed by atoms with Crippen LogP contribution in [0.4, 0.5) is 32.0 Å². The van der Waals surface area contributed by atoms with Gasteiger partial charge in [-0.3, -0.25) is 5.32 Å². The number of nitrogens with one attached hydrogen (secondary N) is 1. The maximum Gasteiger partial charge on any atom is 0.417 e. The van der Waals surface area contributed by atoms with Gasteiger partial charge in [0.05, 0.1) is 21.8 Å². The largest absolute Gasteiger partial charge is 0.417 e. The van der Waals surface area contributed by atoms with Crippen molar-refractivity contribution in [3.8, 4) is 6.19 Å². The van der Waals surface area contributed by atoms with Crippen molar-refractivity contribution in [1.29, 1.82) is 5.26 Å². The molecule has 0 heterocycles. The zero-order valence-corrected chi connectivity index (χ0v) is 12.2. The molecule has 0 bridgehead atoms. The Bertz CT molecular complexity index is 632. The Morgan fingerprint density at radius 2 is 1.82 bits per heavy atom. The van der Waals surface area contributed by atoms with Gasteiger partial charge in [0.15, 0.2) is 11.4 Å². The molecular formula is C11H6ClF6N3S. The molecule has 0 saturated carbocycles. The Labute approximate surface area is 130 Å². The van der Waals surface area contributed by atoms with Crippen molar-refractivity contribution < 1.29 is 26.3 Å². The van der Waals surface area contributed by atoms with Gasteiger partial charge in [-0.15, -0.1) is 0 Å². The molecule has 0 saturated heterocycles. The highest BCUT2D eigenvalue weighted by molar-refractivity contribution is 8.13. The number of benzene rings is 1. The van der Waals surface area contributed by atoms with Crippen molar-refractivity contribution in [3.63, 3.8) is 0 Å². The van der Waals surface area contributed by atoms with Crippen molar-refractivity contribution in [2.75, 3.05) is 6.26 Å². The van der Waals surface area contributed by atoms with Crippen molar-refractivity contribution in [2.24, 2.45) is 4.99 Å². The van der Waals surface area contributed by atoms with Gasteiger partial charge < -0.3 is 0 Å². The molecule has 0 fully saturated rings. The predicted octanol–water partition coefficient (Wildman–Crippen LogP) is 4.80. The summed E-state index contributed by atoms with van der Waals surface area (Å²) >= 11 is 6.32. The molecule has 0 aliphatic rings. The van der Waals surface area contributed by atoms with Crippen LogP contribution in [0.5, 0.6) is 0 Å². The van der Waals surface area contributed by atoms with E-state index >= 15 is 0 Å². The summed E-state index contributed by atoms with van der Waals surface area (Å²) in [6, 6.07) is 0.296. The molecule has 0 unspecified atom stereocenters. The average molecular weight is 362 g/mol. The van der Waals surface area contributed by atoms with Crippen LogP contribution in [0.1, 0.15) is 11.1 Å². The smallest absolute Gasteiger partial charge is 0.271 e. The lowest BCUT2D eigenvalue weighted by molar-refractivity contribution is -0.142. The van der Waals surface area contributed by atoms with Crippen LogP contribution < -0.4 is 5.32 Å². The molecule has 3 nitrogen and oxygen atoms in total. The Kier molecular flexibility index (Phi) is 5.59. The summed E-state index contributed by atoms with van der Waals surface area (Å²) in [5, 5.41) is 9.28. The first-order valence-electron chi connectivity index (χ1n) is 5.26. The second-order valence-corrected chi connectivity index (χ2v) is 4.88. The molecule has 1 N–H and O–H groups in total. The van der Waals surface area contributed by atoms with Crippen LogP contribution >= 0.6 is 23.4 Å². The molecule has 0 aliphatic carbocycles. The van der Waals surface area contributed by atoms with Crippen molar-refractivity contribution >= 4 is 34.2 Å². The SMILES string of the molecule is CSC(=Nc1cc(C(F)(F)F)cc(C(F)(F)F)c1Cl)NC#N. The number of hydrogen-bond acceptors (Lipinski definition) is 3. The van der Waals surface area contributed by atoms with E-state index in [0.29, 0.717) is 6.07 Å². The van der Waals surface area contributed by atoms with Crippen LogP contribution in [-0.4, -0.2) is 11.4 Å². The fourth-order valence-corrected chi connectivity index (χ4v) is 1.94. The molecule has 1 aromatic carbocycles. The maximum atomic E-state index is 12.8. The highest BCUT2D eigenvalue weighted by Gasteiger charge is 2.39. The van der Waals surface area contributed by atoms with Gasteiger partial charge in [0.2, 0.25) is 0 Å². The number of amidine groups is 1. The zero-order chi connectivity index (χ0) is 17.1. The van der Waals surface area contributed by atoms with Crippen molar-refractivity contribution in [2.45, 2.75) is 12.4 Å². The summed E-state index contributed by atoms with van der Waals surface area (Å²) in [5.74, 6) is 0. The van der Waals surface area contributed by atoms with E-state index in [-0.39, 0.29) is 11.2 Å². The third-order valence-electron chi connectivity index (χ3n) is 2.26. The summed E-state index contributed by atoms with van der Waals surface area (Å²) in [4.78, 5) is 3.53. The molecule has 1 rings (SSSR count). The lowest BCUT2D eigenvalue weighted by Crippen LogP contribution is -2.14. The number of thioether (sulfide) groups is 1. The molecule has 22 heavy (non-hydrogen) atoms. The third-order valence-corrected chi connectivity index (χ3v) is 3.24. The zero-order valence-electron chi connectivity index (χ0n) is 10.6. The molecule has 120 valence electrons. The predicted molar refractivity (Wildman–Crippen MR) is 70.8 cm³/mol. The molecule has 0 aliphatic heterocycles. The van der Waals surface area contributed by atoms with Crippen LogP contribution in [0.25, 0.3) is 0 Å². The second kappa shape index (κ2) is 6.66. The molecule has 1 aromatic rings. The van der Waals surface area contributed by atoms with Gasteiger partial charge in [0.25, 0.3) is 0 Å². The number of nitrogens with zero attached hydrogens (tertiary/aromatic N) is 2. The highest BCUT2D eigenvalue weighted by atomic mass is 35.5. The molecular weight excluding hydrogens is 356 g/mol. The molecule has 0 spiro atoms. The van der Waals surface area contributed by atoms with Crippen molar-refractivity contribution in [1.82, 2.24) is 5.32 Å². The summed E-state index contributed by atoms with van der Waals surface area (Å²) < 4.78 is 76.5. The molecule has 0 amide bonds. The fourth-order valence-electron chi connectivity index (χ4n) is 1.34. The van der Waals surface area contributed by atoms with E-state index in [1.165, 1.54) is 12.4 Å². The van der Waals surface area contributed by atoms with Gasteiger partial charge in [-0.1, -0.05) is 23.4 Å². The Hall–Kier alpha value is -1.60. The Morgan fingerprint density at radius 1 is 1.23 bits per heavy atom. The van der Waals surface area contributed by atoms with Crippen LogP contribution in [-0.2, 0) is 12.4 Å². The van der Waals surface area contributed by atoms with E-state index in [1.54, 1.807) is 0 Å². The van der Waals surface area contributed by atoms with Gasteiger partial charge in [0.1, 0.15) is 0 Å². The van der Waals surface area contributed by atoms with Gasteiger partial charge in [-0.2, -0.15) is 31.6 Å². The topological polar surface area (TPSA) is 48.2 Å². The standard InChI is InChI=1S/C11H6ClF6N3S/c1-22-9(20-4-19)21-7-3-5(10(13,14)15)2-6(8(7)12)11(16,17)18/h2-3H,1H3,(H,20,21). The Morgan fingerprint density at radius 3 is 2.23 bits per heavy atom. The number of aliphatic imine (C=N–C) groups is 1.